The van der Waals surface area contributed by atoms with Crippen LogP contribution in [0.1, 0.15) is 25.0 Å². The minimum Gasteiger partial charge on any atom is -0.494 e. The predicted octanol–water partition coefficient (Wildman–Crippen LogP) is 4.89. The van der Waals surface area contributed by atoms with Gasteiger partial charge in [-0.1, -0.05) is 25.4 Å². The molecule has 2 N–H and O–H groups in total. The molecule has 2 aromatic carbocycles. The summed E-state index contributed by atoms with van der Waals surface area (Å²) < 4.78 is 10.9. The van der Waals surface area contributed by atoms with Crippen LogP contribution in [0.4, 0.5) is 23.0 Å². The van der Waals surface area contributed by atoms with Gasteiger partial charge in [-0.15, -0.1) is 0 Å². The van der Waals surface area contributed by atoms with E-state index < -0.39 is 0 Å². The molecule has 0 amide bonds. The lowest BCUT2D eigenvalue weighted by Gasteiger charge is -2.36. The van der Waals surface area contributed by atoms with Crippen molar-refractivity contribution in [1.29, 1.82) is 5.26 Å². The highest BCUT2D eigenvalue weighted by molar-refractivity contribution is 6.33. The molecule has 2 aliphatic rings. The molecule has 1 aromatic heterocycles. The summed E-state index contributed by atoms with van der Waals surface area (Å²) in [7, 11) is 3.37. The van der Waals surface area contributed by atoms with E-state index >= 15 is 0 Å². The molecule has 3 aromatic rings. The number of halogens is 1. The topological polar surface area (TPSA) is 98.6 Å². The van der Waals surface area contributed by atoms with Gasteiger partial charge in [0.2, 0.25) is 5.95 Å². The first-order valence-corrected chi connectivity index (χ1v) is 13.5. The molecule has 0 radical (unpaired) electrons. The lowest BCUT2D eigenvalue weighted by molar-refractivity contribution is 0.144. The smallest absolute Gasteiger partial charge is 0.227 e. The zero-order valence-corrected chi connectivity index (χ0v) is 23.6. The molecule has 10 heteroatoms. The van der Waals surface area contributed by atoms with Crippen molar-refractivity contribution in [2.24, 2.45) is 0 Å². The average molecular weight is 548 g/mol. The van der Waals surface area contributed by atoms with E-state index in [-0.39, 0.29) is 5.41 Å². The maximum absolute atomic E-state index is 9.77. The number of nitriles is 1. The van der Waals surface area contributed by atoms with E-state index in [9.17, 15) is 5.26 Å². The summed E-state index contributed by atoms with van der Waals surface area (Å²) in [6, 6.07) is 12.0. The van der Waals surface area contributed by atoms with Crippen LogP contribution in [0.3, 0.4) is 0 Å². The Morgan fingerprint density at radius 3 is 2.67 bits per heavy atom. The van der Waals surface area contributed by atoms with E-state index in [4.69, 9.17) is 26.1 Å². The zero-order chi connectivity index (χ0) is 27.6. The van der Waals surface area contributed by atoms with Gasteiger partial charge in [0.25, 0.3) is 0 Å². The quantitative estimate of drug-likeness (QED) is 0.408. The maximum Gasteiger partial charge on any atom is 0.227 e. The van der Waals surface area contributed by atoms with Crippen LogP contribution in [0.2, 0.25) is 5.02 Å². The first kappa shape index (κ1) is 27.0. The highest BCUT2D eigenvalue weighted by atomic mass is 35.5. The van der Waals surface area contributed by atoms with Crippen LogP contribution in [-0.4, -0.2) is 75.0 Å². The minimum absolute atomic E-state index is 0.0759. The van der Waals surface area contributed by atoms with Crippen molar-refractivity contribution in [3.8, 4) is 23.1 Å². The lowest BCUT2D eigenvalue weighted by Crippen LogP contribution is -2.47. The van der Waals surface area contributed by atoms with E-state index in [0.29, 0.717) is 28.0 Å². The van der Waals surface area contributed by atoms with Crippen molar-refractivity contribution in [1.82, 2.24) is 14.9 Å². The number of methoxy groups -OCH3 is 2. The summed E-state index contributed by atoms with van der Waals surface area (Å²) in [6.07, 6.45) is 1.71. The average Bonchev–Trinajstić information content (AvgIpc) is 3.26. The predicted molar refractivity (Wildman–Crippen MR) is 156 cm³/mol. The van der Waals surface area contributed by atoms with E-state index in [1.807, 2.05) is 24.3 Å². The van der Waals surface area contributed by atoms with Crippen LogP contribution in [0, 0.1) is 11.3 Å². The molecule has 0 aliphatic carbocycles. The van der Waals surface area contributed by atoms with Gasteiger partial charge in [-0.2, -0.15) is 5.26 Å². The summed E-state index contributed by atoms with van der Waals surface area (Å²) in [5.74, 6) is 1.07. The van der Waals surface area contributed by atoms with Gasteiger partial charge in [0.15, 0.2) is 0 Å². The van der Waals surface area contributed by atoms with Gasteiger partial charge < -0.3 is 25.0 Å². The van der Waals surface area contributed by atoms with Crippen LogP contribution in [0.15, 0.2) is 36.5 Å². The van der Waals surface area contributed by atoms with Gasteiger partial charge in [-0.25, -0.2) is 9.97 Å². The third kappa shape index (κ3) is 5.59. The monoisotopic (exact) mass is 547 g/mol. The van der Waals surface area contributed by atoms with Crippen LogP contribution < -0.4 is 20.3 Å². The second-order valence-electron chi connectivity index (χ2n) is 10.5. The number of ether oxygens (including phenoxy) is 2. The van der Waals surface area contributed by atoms with Crippen molar-refractivity contribution in [2.45, 2.75) is 19.3 Å². The van der Waals surface area contributed by atoms with Crippen molar-refractivity contribution < 1.29 is 9.47 Å². The number of rotatable bonds is 8. The zero-order valence-electron chi connectivity index (χ0n) is 22.8. The number of nitrogens with zero attached hydrogens (tertiary/aromatic N) is 5. The van der Waals surface area contributed by atoms with Crippen molar-refractivity contribution in [2.75, 3.05) is 75.6 Å². The Morgan fingerprint density at radius 2 is 1.95 bits per heavy atom. The Kier molecular flexibility index (Phi) is 7.80. The van der Waals surface area contributed by atoms with E-state index in [0.717, 1.165) is 74.1 Å². The SMILES string of the molecule is COCCN1CCN(c2cc(OC)c(Nc3nccc(-c4cc(C#N)c5c(c4)C(C)(C)CN5)n3)cc2Cl)CC1. The second kappa shape index (κ2) is 11.3. The number of aromatic nitrogens is 2. The Balaban J connectivity index is 1.38. The van der Waals surface area contributed by atoms with Crippen LogP contribution in [0.5, 0.6) is 5.75 Å². The number of anilines is 4. The summed E-state index contributed by atoms with van der Waals surface area (Å²) in [5, 5.41) is 17.1. The summed E-state index contributed by atoms with van der Waals surface area (Å²) in [4.78, 5) is 13.9. The van der Waals surface area contributed by atoms with Crippen molar-refractivity contribution >= 4 is 34.6 Å². The molecule has 1 saturated heterocycles. The standard InChI is InChI=1S/C29H34ClN7O2/c1-29(2)18-33-27-20(17-31)13-19(14-21(27)29)23-5-6-32-28(34-23)35-24-15-22(30)25(16-26(24)39-4)37-9-7-36(8-10-37)11-12-38-3/h5-6,13-16,33H,7-12,18H2,1-4H3,(H,32,34,35). The molecule has 0 unspecified atom stereocenters. The Morgan fingerprint density at radius 1 is 1.15 bits per heavy atom. The van der Waals surface area contributed by atoms with Crippen LogP contribution >= 0.6 is 11.6 Å². The first-order valence-electron chi connectivity index (χ1n) is 13.1. The fourth-order valence-corrected chi connectivity index (χ4v) is 5.47. The van der Waals surface area contributed by atoms with E-state index in [1.165, 1.54) is 0 Å². The number of benzene rings is 2. The Bertz CT molecular complexity index is 1400. The number of nitrogens with one attached hydrogen (secondary N) is 2. The van der Waals surface area contributed by atoms with E-state index in [2.05, 4.69) is 51.4 Å². The summed E-state index contributed by atoms with van der Waals surface area (Å²) in [5.41, 5.74) is 5.79. The Hall–Kier alpha value is -3.58. The van der Waals surface area contributed by atoms with Crippen LogP contribution in [-0.2, 0) is 10.2 Å². The highest BCUT2D eigenvalue weighted by Crippen LogP contribution is 2.41. The van der Waals surface area contributed by atoms with Gasteiger partial charge in [0.05, 0.1) is 47.1 Å². The molecule has 0 bridgehead atoms. The maximum atomic E-state index is 9.77. The van der Waals surface area contributed by atoms with Gasteiger partial charge in [0, 0.05) is 69.6 Å². The van der Waals surface area contributed by atoms with Gasteiger partial charge in [-0.3, -0.25) is 4.90 Å². The van der Waals surface area contributed by atoms with Gasteiger partial charge >= 0.3 is 0 Å². The summed E-state index contributed by atoms with van der Waals surface area (Å²) >= 11 is 6.77. The third-order valence-corrected chi connectivity index (χ3v) is 7.79. The van der Waals surface area contributed by atoms with Gasteiger partial charge in [-0.05, 0) is 29.8 Å². The molecule has 2 aliphatic heterocycles. The molecule has 39 heavy (non-hydrogen) atoms. The van der Waals surface area contributed by atoms with E-state index in [1.54, 1.807) is 20.4 Å². The number of fused-ring (bicyclic) bond motifs is 1. The molecule has 1 fully saturated rings. The Labute approximate surface area is 234 Å². The first-order chi connectivity index (χ1) is 18.8. The summed E-state index contributed by atoms with van der Waals surface area (Å²) in [6.45, 7) is 10.5. The van der Waals surface area contributed by atoms with Gasteiger partial charge in [0.1, 0.15) is 11.8 Å². The molecule has 3 heterocycles. The molecule has 5 rings (SSSR count). The number of hydrogen-bond acceptors (Lipinski definition) is 9. The van der Waals surface area contributed by atoms with Crippen LogP contribution in [0.25, 0.3) is 11.3 Å². The molecule has 0 atom stereocenters. The molecule has 204 valence electrons. The fourth-order valence-electron chi connectivity index (χ4n) is 5.19. The molecule has 0 spiro atoms. The lowest BCUT2D eigenvalue weighted by atomic mass is 9.85. The third-order valence-electron chi connectivity index (χ3n) is 7.49. The molecular weight excluding hydrogens is 514 g/mol. The normalized spacial score (nSPS) is 16.4. The van der Waals surface area contributed by atoms with Crippen molar-refractivity contribution in [3.63, 3.8) is 0 Å². The molecule has 0 saturated carbocycles. The number of hydrogen-bond donors (Lipinski definition) is 2. The molecular formula is C29H34ClN7O2. The highest BCUT2D eigenvalue weighted by Gasteiger charge is 2.32. The molecule has 9 nitrogen and oxygen atoms in total. The number of piperazine rings is 1. The second-order valence-corrected chi connectivity index (χ2v) is 10.9. The van der Waals surface area contributed by atoms with Crippen molar-refractivity contribution in [3.05, 3.63) is 52.7 Å². The fraction of sp³-hybridized carbons (Fsp3) is 0.414. The largest absolute Gasteiger partial charge is 0.494 e. The minimum atomic E-state index is -0.0759.